The molecule has 0 aliphatic heterocycles. The Bertz CT molecular complexity index is 2130. The maximum Gasteiger partial charge on any atom is 0.0713 e. The number of fused-ring (bicyclic) bond motifs is 3. The van der Waals surface area contributed by atoms with Gasteiger partial charge in [0.15, 0.2) is 0 Å². The summed E-state index contributed by atoms with van der Waals surface area (Å²) in [5.41, 5.74) is 14.5. The van der Waals surface area contributed by atoms with Crippen LogP contribution >= 0.6 is 0 Å². The number of benzene rings is 7. The molecule has 0 saturated heterocycles. The van der Waals surface area contributed by atoms with Crippen molar-refractivity contribution in [2.75, 3.05) is 0 Å². The Morgan fingerprint density at radius 3 is 1.57 bits per heavy atom. The third kappa shape index (κ3) is 4.60. The lowest BCUT2D eigenvalue weighted by Crippen LogP contribution is -2.28. The Labute approximate surface area is 271 Å². The second kappa shape index (κ2) is 11.6. The number of hydrogen-bond donors (Lipinski definition) is 1. The molecule has 0 unspecified atom stereocenters. The summed E-state index contributed by atoms with van der Waals surface area (Å²) in [6.45, 7) is 0. The van der Waals surface area contributed by atoms with Gasteiger partial charge in [0.05, 0.1) is 5.41 Å². The van der Waals surface area contributed by atoms with Crippen LogP contribution in [-0.2, 0) is 11.8 Å². The molecular formula is C45H33N. The van der Waals surface area contributed by atoms with Crippen molar-refractivity contribution in [1.82, 2.24) is 0 Å². The van der Waals surface area contributed by atoms with Crippen molar-refractivity contribution in [3.63, 3.8) is 0 Å². The van der Waals surface area contributed by atoms with E-state index < -0.39 is 5.41 Å². The number of nitrogens with one attached hydrogen (secondary N) is 1. The lowest BCUT2D eigenvalue weighted by Gasteiger charge is -2.34. The summed E-state index contributed by atoms with van der Waals surface area (Å²) in [5.74, 6) is 0. The van der Waals surface area contributed by atoms with Crippen molar-refractivity contribution in [2.24, 2.45) is 0 Å². The first kappa shape index (κ1) is 27.7. The molecule has 1 aliphatic rings. The second-order valence-electron chi connectivity index (χ2n) is 12.1. The van der Waals surface area contributed by atoms with Crippen LogP contribution in [0.2, 0.25) is 0 Å². The first-order valence-corrected chi connectivity index (χ1v) is 15.9. The van der Waals surface area contributed by atoms with Crippen LogP contribution in [0.25, 0.3) is 33.4 Å². The van der Waals surface area contributed by atoms with Crippen molar-refractivity contribution in [3.05, 3.63) is 215 Å². The van der Waals surface area contributed by atoms with Gasteiger partial charge in [-0.25, -0.2) is 0 Å². The van der Waals surface area contributed by atoms with Gasteiger partial charge in [0, 0.05) is 12.1 Å². The lowest BCUT2D eigenvalue weighted by atomic mass is 9.67. The van der Waals surface area contributed by atoms with Crippen LogP contribution in [-0.4, -0.2) is 5.71 Å². The van der Waals surface area contributed by atoms with E-state index in [2.05, 4.69) is 182 Å². The van der Waals surface area contributed by atoms with Crippen LogP contribution in [0.3, 0.4) is 0 Å². The fourth-order valence-corrected chi connectivity index (χ4v) is 7.39. The molecule has 46 heavy (non-hydrogen) atoms. The van der Waals surface area contributed by atoms with E-state index in [-0.39, 0.29) is 0 Å². The Hall–Kier alpha value is -5.79. The molecule has 0 saturated carbocycles. The molecule has 0 spiro atoms. The third-order valence-electron chi connectivity index (χ3n) is 9.44. The Morgan fingerprint density at radius 2 is 0.935 bits per heavy atom. The molecule has 1 heteroatoms. The van der Waals surface area contributed by atoms with Crippen molar-refractivity contribution in [1.29, 1.82) is 5.41 Å². The normalized spacial score (nSPS) is 12.7. The highest BCUT2D eigenvalue weighted by molar-refractivity contribution is 6.00. The monoisotopic (exact) mass is 587 g/mol. The number of rotatable bonds is 7. The molecule has 7 aromatic rings. The predicted molar refractivity (Wildman–Crippen MR) is 192 cm³/mol. The smallest absolute Gasteiger partial charge is 0.0713 e. The zero-order valence-corrected chi connectivity index (χ0v) is 25.5. The summed E-state index contributed by atoms with van der Waals surface area (Å²) in [7, 11) is 0. The molecule has 0 radical (unpaired) electrons. The number of hydrogen-bond acceptors (Lipinski definition) is 1. The Kier molecular flexibility index (Phi) is 7.00. The van der Waals surface area contributed by atoms with Crippen molar-refractivity contribution >= 4 is 5.71 Å². The first-order valence-electron chi connectivity index (χ1n) is 15.9. The minimum Gasteiger partial charge on any atom is -0.304 e. The molecule has 0 amide bonds. The third-order valence-corrected chi connectivity index (χ3v) is 9.44. The maximum atomic E-state index is 9.39. The highest BCUT2D eigenvalue weighted by Crippen LogP contribution is 2.56. The van der Waals surface area contributed by atoms with E-state index in [1.165, 1.54) is 55.6 Å². The van der Waals surface area contributed by atoms with E-state index in [1.807, 2.05) is 0 Å². The highest BCUT2D eigenvalue weighted by atomic mass is 14.5. The fourth-order valence-electron chi connectivity index (χ4n) is 7.39. The van der Waals surface area contributed by atoms with E-state index in [1.54, 1.807) is 0 Å². The van der Waals surface area contributed by atoms with E-state index in [0.717, 1.165) is 11.1 Å². The van der Waals surface area contributed by atoms with Crippen molar-refractivity contribution in [3.8, 4) is 33.4 Å². The van der Waals surface area contributed by atoms with Gasteiger partial charge >= 0.3 is 0 Å². The van der Waals surface area contributed by atoms with Gasteiger partial charge in [-0.1, -0.05) is 176 Å². The quantitative estimate of drug-likeness (QED) is 0.179. The van der Waals surface area contributed by atoms with E-state index in [0.29, 0.717) is 12.1 Å². The summed E-state index contributed by atoms with van der Waals surface area (Å²) >= 11 is 0. The standard InChI is InChI=1S/C45H33N/c46-44(30-32-27-28-38(33-15-4-1-5-16-33)41(29-32)34-17-6-2-7-18-34)35-19-14-22-37(31-35)45(36-20-8-3-9-21-36)42-25-12-10-23-39(42)40-24-11-13-26-43(40)45/h1-29,31,46H,30H2. The average Bonchev–Trinajstić information content (AvgIpc) is 3.44. The van der Waals surface area contributed by atoms with Crippen molar-refractivity contribution < 1.29 is 0 Å². The van der Waals surface area contributed by atoms with Crippen LogP contribution in [0.15, 0.2) is 182 Å². The second-order valence-corrected chi connectivity index (χ2v) is 12.1. The summed E-state index contributed by atoms with van der Waals surface area (Å²) in [6, 6.07) is 65.0. The van der Waals surface area contributed by atoms with Gasteiger partial charge in [-0.3, -0.25) is 0 Å². The van der Waals surface area contributed by atoms with Crippen LogP contribution < -0.4 is 0 Å². The lowest BCUT2D eigenvalue weighted by molar-refractivity contribution is 0.768. The molecular weight excluding hydrogens is 555 g/mol. The Morgan fingerprint density at radius 1 is 0.413 bits per heavy atom. The van der Waals surface area contributed by atoms with Gasteiger partial charge in [-0.05, 0) is 72.8 Å². The minimum absolute atomic E-state index is 0.470. The molecule has 1 nitrogen and oxygen atoms in total. The van der Waals surface area contributed by atoms with Gasteiger partial charge in [-0.15, -0.1) is 0 Å². The molecule has 0 heterocycles. The molecule has 218 valence electrons. The topological polar surface area (TPSA) is 23.9 Å². The largest absolute Gasteiger partial charge is 0.304 e. The van der Waals surface area contributed by atoms with Gasteiger partial charge in [0.2, 0.25) is 0 Å². The first-order chi connectivity index (χ1) is 22.7. The molecule has 0 bridgehead atoms. The molecule has 0 fully saturated rings. The molecule has 1 N–H and O–H groups in total. The summed E-state index contributed by atoms with van der Waals surface area (Å²) < 4.78 is 0. The predicted octanol–water partition coefficient (Wildman–Crippen LogP) is 11.0. The fraction of sp³-hybridized carbons (Fsp3) is 0.0444. The molecule has 7 aromatic carbocycles. The van der Waals surface area contributed by atoms with Gasteiger partial charge in [0.25, 0.3) is 0 Å². The summed E-state index contributed by atoms with van der Waals surface area (Å²) in [5, 5.41) is 9.39. The van der Waals surface area contributed by atoms with E-state index in [9.17, 15) is 5.41 Å². The maximum absolute atomic E-state index is 9.39. The van der Waals surface area contributed by atoms with E-state index in [4.69, 9.17) is 0 Å². The Balaban J connectivity index is 1.22. The highest BCUT2D eigenvalue weighted by Gasteiger charge is 2.45. The molecule has 0 aromatic heterocycles. The van der Waals surface area contributed by atoms with Crippen LogP contribution in [0.4, 0.5) is 0 Å². The minimum atomic E-state index is -0.470. The zero-order valence-electron chi connectivity index (χ0n) is 25.5. The molecule has 0 atom stereocenters. The van der Waals surface area contributed by atoms with Gasteiger partial charge in [0.1, 0.15) is 0 Å². The summed E-state index contributed by atoms with van der Waals surface area (Å²) in [6.07, 6.45) is 0.546. The zero-order chi connectivity index (χ0) is 30.9. The molecule has 1 aliphatic carbocycles. The van der Waals surface area contributed by atoms with Crippen LogP contribution in [0.1, 0.15) is 33.4 Å². The van der Waals surface area contributed by atoms with Crippen molar-refractivity contribution in [2.45, 2.75) is 11.8 Å². The van der Waals surface area contributed by atoms with Crippen LogP contribution in [0, 0.1) is 5.41 Å². The molecule has 8 rings (SSSR count). The van der Waals surface area contributed by atoms with E-state index >= 15 is 0 Å². The van der Waals surface area contributed by atoms with Crippen LogP contribution in [0.5, 0.6) is 0 Å². The van der Waals surface area contributed by atoms with Gasteiger partial charge in [-0.2, -0.15) is 0 Å². The average molecular weight is 588 g/mol. The SMILES string of the molecule is N=C(Cc1ccc(-c2ccccc2)c(-c2ccccc2)c1)c1cccc(C2(c3ccccc3)c3ccccc3-c3ccccc32)c1. The van der Waals surface area contributed by atoms with Gasteiger partial charge < -0.3 is 5.41 Å². The summed E-state index contributed by atoms with van der Waals surface area (Å²) in [4.78, 5) is 0.